The lowest BCUT2D eigenvalue weighted by atomic mass is 9.79. The number of nitrogens with two attached hydrogens (primary N) is 1. The Kier molecular flexibility index (Phi) is 3.36. The highest BCUT2D eigenvalue weighted by atomic mass is 15.1. The van der Waals surface area contributed by atoms with Crippen LogP contribution >= 0.6 is 0 Å². The van der Waals surface area contributed by atoms with Gasteiger partial charge in [-0.15, -0.1) is 0 Å². The van der Waals surface area contributed by atoms with E-state index in [9.17, 15) is 0 Å². The molecular formula is C18H27N3. The number of nitrogens with zero attached hydrogens (tertiary/aromatic N) is 2. The van der Waals surface area contributed by atoms with Gasteiger partial charge in [0.1, 0.15) is 5.82 Å². The maximum absolute atomic E-state index is 6.12. The quantitative estimate of drug-likeness (QED) is 0.915. The molecular weight excluding hydrogens is 258 g/mol. The topological polar surface area (TPSA) is 43.8 Å². The summed E-state index contributed by atoms with van der Waals surface area (Å²) in [7, 11) is 2.11. The molecule has 1 aliphatic rings. The first kappa shape index (κ1) is 14.6. The maximum atomic E-state index is 6.12. The normalized spacial score (nSPS) is 18.5. The van der Waals surface area contributed by atoms with Crippen LogP contribution in [-0.4, -0.2) is 16.1 Å². The Morgan fingerprint density at radius 3 is 2.48 bits per heavy atom. The highest BCUT2D eigenvalue weighted by Gasteiger charge is 2.34. The number of hydrogen-bond donors (Lipinski definition) is 1. The van der Waals surface area contributed by atoms with Gasteiger partial charge in [0.2, 0.25) is 0 Å². The predicted molar refractivity (Wildman–Crippen MR) is 88.6 cm³/mol. The van der Waals surface area contributed by atoms with Crippen LogP contribution in [0, 0.1) is 0 Å². The molecule has 0 unspecified atom stereocenters. The Bertz CT molecular complexity index is 655. The van der Waals surface area contributed by atoms with E-state index in [1.54, 1.807) is 0 Å². The van der Waals surface area contributed by atoms with Crippen LogP contribution in [0.5, 0.6) is 0 Å². The van der Waals surface area contributed by atoms with E-state index < -0.39 is 0 Å². The van der Waals surface area contributed by atoms with Gasteiger partial charge in [0.05, 0.1) is 11.0 Å². The van der Waals surface area contributed by atoms with Crippen molar-refractivity contribution in [1.29, 1.82) is 0 Å². The third-order valence-corrected chi connectivity index (χ3v) is 5.12. The average Bonchev–Trinajstić information content (AvgIpc) is 3.04. The van der Waals surface area contributed by atoms with Gasteiger partial charge in [-0.05, 0) is 30.5 Å². The second-order valence-electron chi connectivity index (χ2n) is 7.64. The summed E-state index contributed by atoms with van der Waals surface area (Å²) in [6.45, 7) is 7.39. The van der Waals surface area contributed by atoms with Crippen LogP contribution in [0.25, 0.3) is 11.0 Å². The van der Waals surface area contributed by atoms with E-state index in [-0.39, 0.29) is 10.8 Å². The van der Waals surface area contributed by atoms with E-state index in [1.807, 2.05) is 0 Å². The SMILES string of the molecule is Cn1c(C(C)(C)C)nc2cc(C3(CN)CCCC3)ccc21. The molecule has 1 aromatic carbocycles. The van der Waals surface area contributed by atoms with Gasteiger partial charge >= 0.3 is 0 Å². The molecule has 21 heavy (non-hydrogen) atoms. The largest absolute Gasteiger partial charge is 0.331 e. The zero-order valence-corrected chi connectivity index (χ0v) is 13.7. The average molecular weight is 285 g/mol. The zero-order chi connectivity index (χ0) is 15.3. The van der Waals surface area contributed by atoms with Crippen molar-refractivity contribution in [2.24, 2.45) is 12.8 Å². The van der Waals surface area contributed by atoms with Crippen molar-refractivity contribution in [3.63, 3.8) is 0 Å². The summed E-state index contributed by atoms with van der Waals surface area (Å²) < 4.78 is 2.23. The fraction of sp³-hybridized carbons (Fsp3) is 0.611. The lowest BCUT2D eigenvalue weighted by Crippen LogP contribution is -2.31. The first-order chi connectivity index (χ1) is 9.87. The van der Waals surface area contributed by atoms with Gasteiger partial charge in [0.15, 0.2) is 0 Å². The minimum atomic E-state index is 0.0623. The molecule has 0 aliphatic heterocycles. The summed E-state index contributed by atoms with van der Waals surface area (Å²) in [5.74, 6) is 1.14. The van der Waals surface area contributed by atoms with E-state index >= 15 is 0 Å². The van der Waals surface area contributed by atoms with Gasteiger partial charge < -0.3 is 10.3 Å². The molecule has 2 N–H and O–H groups in total. The van der Waals surface area contributed by atoms with Gasteiger partial charge in [0.25, 0.3) is 0 Å². The second kappa shape index (κ2) is 4.84. The lowest BCUT2D eigenvalue weighted by molar-refractivity contribution is 0.453. The number of aryl methyl sites for hydroxylation is 1. The number of rotatable bonds is 2. The van der Waals surface area contributed by atoms with E-state index in [0.29, 0.717) is 0 Å². The zero-order valence-electron chi connectivity index (χ0n) is 13.7. The van der Waals surface area contributed by atoms with E-state index in [0.717, 1.165) is 17.9 Å². The maximum Gasteiger partial charge on any atom is 0.115 e. The molecule has 0 bridgehead atoms. The molecule has 3 heteroatoms. The summed E-state index contributed by atoms with van der Waals surface area (Å²) in [6, 6.07) is 6.78. The van der Waals surface area contributed by atoms with Crippen LogP contribution < -0.4 is 5.73 Å². The minimum Gasteiger partial charge on any atom is -0.331 e. The fourth-order valence-electron chi connectivity index (χ4n) is 3.86. The predicted octanol–water partition coefficient (Wildman–Crippen LogP) is 3.64. The highest BCUT2D eigenvalue weighted by molar-refractivity contribution is 5.77. The van der Waals surface area contributed by atoms with Gasteiger partial charge in [-0.2, -0.15) is 0 Å². The number of aromatic nitrogens is 2. The molecule has 1 fully saturated rings. The number of hydrogen-bond acceptors (Lipinski definition) is 2. The van der Waals surface area contributed by atoms with Crippen LogP contribution in [0.3, 0.4) is 0 Å². The molecule has 1 saturated carbocycles. The van der Waals surface area contributed by atoms with Gasteiger partial charge in [-0.3, -0.25) is 0 Å². The number of fused-ring (bicyclic) bond motifs is 1. The van der Waals surface area contributed by atoms with Gasteiger partial charge in [-0.25, -0.2) is 4.98 Å². The summed E-state index contributed by atoms with van der Waals surface area (Å²) >= 11 is 0. The van der Waals surface area contributed by atoms with Gasteiger partial charge in [-0.1, -0.05) is 39.7 Å². The highest BCUT2D eigenvalue weighted by Crippen LogP contribution is 2.41. The first-order valence-corrected chi connectivity index (χ1v) is 8.05. The van der Waals surface area contributed by atoms with Crippen molar-refractivity contribution in [3.8, 4) is 0 Å². The van der Waals surface area contributed by atoms with Crippen LogP contribution in [0.1, 0.15) is 57.8 Å². The minimum absolute atomic E-state index is 0.0623. The third kappa shape index (κ3) is 2.28. The molecule has 0 saturated heterocycles. The molecule has 2 aromatic rings. The number of imidazole rings is 1. The lowest BCUT2D eigenvalue weighted by Gasteiger charge is -2.27. The van der Waals surface area contributed by atoms with Crippen molar-refractivity contribution in [1.82, 2.24) is 9.55 Å². The Morgan fingerprint density at radius 1 is 1.24 bits per heavy atom. The smallest absolute Gasteiger partial charge is 0.115 e. The van der Waals surface area contributed by atoms with Crippen LogP contribution in [0.2, 0.25) is 0 Å². The molecule has 1 heterocycles. The molecule has 0 radical (unpaired) electrons. The van der Waals surface area contributed by atoms with E-state index in [4.69, 9.17) is 10.7 Å². The molecule has 1 aliphatic carbocycles. The third-order valence-electron chi connectivity index (χ3n) is 5.12. The fourth-order valence-corrected chi connectivity index (χ4v) is 3.86. The van der Waals surface area contributed by atoms with Crippen molar-refractivity contribution in [2.45, 2.75) is 57.3 Å². The standard InChI is InChI=1S/C18H27N3/c1-17(2,3)16-20-14-11-13(7-8-15(14)21(16)4)18(12-19)9-5-6-10-18/h7-8,11H,5-6,9-10,12,19H2,1-4H3. The van der Waals surface area contributed by atoms with Crippen LogP contribution in [0.4, 0.5) is 0 Å². The first-order valence-electron chi connectivity index (χ1n) is 8.05. The number of benzene rings is 1. The molecule has 0 spiro atoms. The van der Waals surface area contributed by atoms with Crippen molar-refractivity contribution < 1.29 is 0 Å². The van der Waals surface area contributed by atoms with Crippen LogP contribution in [0.15, 0.2) is 18.2 Å². The molecule has 114 valence electrons. The summed E-state index contributed by atoms with van der Waals surface area (Å²) in [5, 5.41) is 0. The summed E-state index contributed by atoms with van der Waals surface area (Å²) in [6.07, 6.45) is 5.03. The Balaban J connectivity index is 2.13. The molecule has 3 rings (SSSR count). The molecule has 1 aromatic heterocycles. The Hall–Kier alpha value is -1.35. The van der Waals surface area contributed by atoms with Gasteiger partial charge in [0, 0.05) is 24.4 Å². The Morgan fingerprint density at radius 2 is 1.90 bits per heavy atom. The second-order valence-corrected chi connectivity index (χ2v) is 7.64. The molecule has 0 amide bonds. The molecule has 3 nitrogen and oxygen atoms in total. The Labute approximate surface area is 127 Å². The van der Waals surface area contributed by atoms with E-state index in [2.05, 4.69) is 50.6 Å². The van der Waals surface area contributed by atoms with Crippen molar-refractivity contribution >= 4 is 11.0 Å². The van der Waals surface area contributed by atoms with E-state index in [1.165, 1.54) is 36.8 Å². The monoisotopic (exact) mass is 285 g/mol. The van der Waals surface area contributed by atoms with Crippen molar-refractivity contribution in [3.05, 3.63) is 29.6 Å². The summed E-state index contributed by atoms with van der Waals surface area (Å²) in [4.78, 5) is 4.90. The van der Waals surface area contributed by atoms with Crippen molar-refractivity contribution in [2.75, 3.05) is 6.54 Å². The van der Waals surface area contributed by atoms with Crippen LogP contribution in [-0.2, 0) is 17.9 Å². The molecule has 0 atom stereocenters. The summed E-state index contributed by atoms with van der Waals surface area (Å²) in [5.41, 5.74) is 10.1.